The van der Waals surface area contributed by atoms with E-state index in [0.717, 1.165) is 33.6 Å². The predicted molar refractivity (Wildman–Crippen MR) is 102 cm³/mol. The molecule has 0 saturated heterocycles. The Hall–Kier alpha value is -3.46. The number of nitrogens with zero attached hydrogens (tertiary/aromatic N) is 4. The van der Waals surface area contributed by atoms with Crippen molar-refractivity contribution >= 4 is 12.4 Å². The maximum Gasteiger partial charge on any atom is 0.290 e. The number of carbonyl (C=O) groups excluding carboxylic acids is 1. The number of carboxylic acid groups (broad SMARTS) is 1. The molecule has 1 atom stereocenters. The lowest BCUT2D eigenvalue weighted by atomic mass is 9.92. The normalized spacial score (nSPS) is 17.1. The number of aromatic amines is 1. The Kier molecular flexibility index (Phi) is 5.13. The lowest BCUT2D eigenvalue weighted by Gasteiger charge is -2.32. The van der Waals surface area contributed by atoms with E-state index in [0.29, 0.717) is 26.3 Å². The van der Waals surface area contributed by atoms with E-state index in [9.17, 15) is 4.79 Å². The van der Waals surface area contributed by atoms with Gasteiger partial charge in [0.2, 0.25) is 0 Å². The Balaban J connectivity index is 0.000000645. The molecular weight excluding hydrogens is 374 g/mol. The van der Waals surface area contributed by atoms with Crippen LogP contribution >= 0.6 is 0 Å². The summed E-state index contributed by atoms with van der Waals surface area (Å²) in [5, 5.41) is 11.2. The van der Waals surface area contributed by atoms with Gasteiger partial charge >= 0.3 is 0 Å². The minimum absolute atomic E-state index is 0.0238. The minimum atomic E-state index is -0.250. The molecule has 1 unspecified atom stereocenters. The summed E-state index contributed by atoms with van der Waals surface area (Å²) in [4.78, 5) is 31.2. The first-order chi connectivity index (χ1) is 14.1. The molecule has 1 aromatic carbocycles. The van der Waals surface area contributed by atoms with E-state index < -0.39 is 0 Å². The molecule has 9 heteroatoms. The highest BCUT2D eigenvalue weighted by molar-refractivity contribution is 5.96. The van der Waals surface area contributed by atoms with Gasteiger partial charge < -0.3 is 19.7 Å². The molecule has 0 aliphatic carbocycles. The van der Waals surface area contributed by atoms with Gasteiger partial charge in [0.05, 0.1) is 43.7 Å². The second kappa shape index (κ2) is 7.88. The Morgan fingerprint density at radius 2 is 2.21 bits per heavy atom. The van der Waals surface area contributed by atoms with Crippen molar-refractivity contribution in [2.75, 3.05) is 6.54 Å². The van der Waals surface area contributed by atoms with E-state index in [-0.39, 0.29) is 18.3 Å². The van der Waals surface area contributed by atoms with Crippen molar-refractivity contribution in [1.82, 2.24) is 24.6 Å². The van der Waals surface area contributed by atoms with Crippen LogP contribution in [-0.4, -0.2) is 48.7 Å². The van der Waals surface area contributed by atoms with E-state index >= 15 is 0 Å². The van der Waals surface area contributed by atoms with E-state index in [1.54, 1.807) is 11.0 Å². The largest absolute Gasteiger partial charge is 0.483 e. The van der Waals surface area contributed by atoms with Crippen LogP contribution in [0.25, 0.3) is 0 Å². The van der Waals surface area contributed by atoms with Crippen molar-refractivity contribution in [2.24, 2.45) is 7.05 Å². The van der Waals surface area contributed by atoms with Crippen LogP contribution in [-0.2, 0) is 36.3 Å². The van der Waals surface area contributed by atoms with Gasteiger partial charge in [-0.05, 0) is 17.2 Å². The SMILES string of the molecule is Cn1cc(C2CN(C(=O)c3cccc4c3COC4)Cc3[nH]cnc32)cn1.O=CO. The molecule has 2 aliphatic rings. The molecule has 150 valence electrons. The number of aromatic nitrogens is 4. The number of benzene rings is 1. The predicted octanol–water partition coefficient (Wildman–Crippen LogP) is 1.66. The molecule has 0 radical (unpaired) electrons. The lowest BCUT2D eigenvalue weighted by Crippen LogP contribution is -2.39. The van der Waals surface area contributed by atoms with Crippen molar-refractivity contribution in [3.63, 3.8) is 0 Å². The third-order valence-electron chi connectivity index (χ3n) is 5.26. The summed E-state index contributed by atoms with van der Waals surface area (Å²) in [5.41, 5.74) is 5.93. The molecule has 2 aromatic heterocycles. The number of carbonyl (C=O) groups is 2. The van der Waals surface area contributed by atoms with Crippen LogP contribution in [0.2, 0.25) is 0 Å². The molecule has 0 fully saturated rings. The number of H-pyrrole nitrogens is 1. The fourth-order valence-electron chi connectivity index (χ4n) is 3.93. The highest BCUT2D eigenvalue weighted by Crippen LogP contribution is 2.33. The van der Waals surface area contributed by atoms with Gasteiger partial charge in [-0.3, -0.25) is 14.3 Å². The molecule has 2 aliphatic heterocycles. The van der Waals surface area contributed by atoms with Crippen LogP contribution in [0.4, 0.5) is 0 Å². The van der Waals surface area contributed by atoms with Crippen LogP contribution in [0.15, 0.2) is 36.9 Å². The van der Waals surface area contributed by atoms with Gasteiger partial charge in [0.25, 0.3) is 12.4 Å². The number of fused-ring (bicyclic) bond motifs is 2. The molecular formula is C20H21N5O4. The third-order valence-corrected chi connectivity index (χ3v) is 5.26. The quantitative estimate of drug-likeness (QED) is 0.638. The van der Waals surface area contributed by atoms with Crippen LogP contribution < -0.4 is 0 Å². The molecule has 5 rings (SSSR count). The summed E-state index contributed by atoms with van der Waals surface area (Å²) in [6.45, 7) is 1.97. The Labute approximate surface area is 166 Å². The van der Waals surface area contributed by atoms with E-state index in [1.165, 1.54) is 0 Å². The van der Waals surface area contributed by atoms with Gasteiger partial charge in [-0.1, -0.05) is 12.1 Å². The van der Waals surface area contributed by atoms with Gasteiger partial charge in [-0.25, -0.2) is 4.98 Å². The topological polar surface area (TPSA) is 113 Å². The summed E-state index contributed by atoms with van der Waals surface area (Å²) < 4.78 is 7.31. The Morgan fingerprint density at radius 1 is 1.38 bits per heavy atom. The number of ether oxygens (including phenoxy) is 1. The molecule has 0 bridgehead atoms. The summed E-state index contributed by atoms with van der Waals surface area (Å²) in [5.74, 6) is 0.0668. The molecule has 29 heavy (non-hydrogen) atoms. The van der Waals surface area contributed by atoms with E-state index in [4.69, 9.17) is 14.6 Å². The zero-order valence-corrected chi connectivity index (χ0v) is 15.9. The summed E-state index contributed by atoms with van der Waals surface area (Å²) in [6.07, 6.45) is 5.55. The lowest BCUT2D eigenvalue weighted by molar-refractivity contribution is -0.122. The second-order valence-electron chi connectivity index (χ2n) is 6.99. The van der Waals surface area contributed by atoms with Crippen molar-refractivity contribution in [1.29, 1.82) is 0 Å². The number of hydrogen-bond donors (Lipinski definition) is 2. The molecule has 0 spiro atoms. The molecule has 9 nitrogen and oxygen atoms in total. The van der Waals surface area contributed by atoms with Crippen LogP contribution in [0.5, 0.6) is 0 Å². The smallest absolute Gasteiger partial charge is 0.290 e. The number of amides is 1. The zero-order valence-electron chi connectivity index (χ0n) is 15.9. The van der Waals surface area contributed by atoms with Crippen molar-refractivity contribution < 1.29 is 19.4 Å². The van der Waals surface area contributed by atoms with Crippen LogP contribution in [0.3, 0.4) is 0 Å². The number of hydrogen-bond acceptors (Lipinski definition) is 5. The molecule has 1 amide bonds. The zero-order chi connectivity index (χ0) is 20.4. The number of rotatable bonds is 2. The Bertz CT molecular complexity index is 1040. The van der Waals surface area contributed by atoms with Gasteiger partial charge in [-0.2, -0.15) is 5.10 Å². The van der Waals surface area contributed by atoms with Crippen molar-refractivity contribution in [3.8, 4) is 0 Å². The molecule has 4 heterocycles. The minimum Gasteiger partial charge on any atom is -0.483 e. The molecule has 0 saturated carbocycles. The fraction of sp³-hybridized carbons (Fsp3) is 0.300. The highest BCUT2D eigenvalue weighted by Gasteiger charge is 2.33. The monoisotopic (exact) mass is 395 g/mol. The van der Waals surface area contributed by atoms with E-state index in [2.05, 4.69) is 15.1 Å². The summed E-state index contributed by atoms with van der Waals surface area (Å²) in [6, 6.07) is 5.86. The number of nitrogens with one attached hydrogen (secondary N) is 1. The highest BCUT2D eigenvalue weighted by atomic mass is 16.5. The molecule has 3 aromatic rings. The van der Waals surface area contributed by atoms with Crippen LogP contribution in [0.1, 0.15) is 44.4 Å². The summed E-state index contributed by atoms with van der Waals surface area (Å²) >= 11 is 0. The number of imidazole rings is 1. The average Bonchev–Trinajstić information content (AvgIpc) is 3.46. The Morgan fingerprint density at radius 3 is 2.97 bits per heavy atom. The summed E-state index contributed by atoms with van der Waals surface area (Å²) in [7, 11) is 1.90. The van der Waals surface area contributed by atoms with Crippen LogP contribution in [0, 0.1) is 0 Å². The molecule has 2 N–H and O–H groups in total. The van der Waals surface area contributed by atoms with Gasteiger partial charge in [0.1, 0.15) is 0 Å². The van der Waals surface area contributed by atoms with Crippen molar-refractivity contribution in [3.05, 3.63) is 70.6 Å². The average molecular weight is 395 g/mol. The van der Waals surface area contributed by atoms with E-state index in [1.807, 2.05) is 42.5 Å². The van der Waals surface area contributed by atoms with Crippen molar-refractivity contribution in [2.45, 2.75) is 25.7 Å². The van der Waals surface area contributed by atoms with Gasteiger partial charge in [0.15, 0.2) is 0 Å². The fourth-order valence-corrected chi connectivity index (χ4v) is 3.93. The first-order valence-electron chi connectivity index (χ1n) is 9.18. The first-order valence-corrected chi connectivity index (χ1v) is 9.18. The number of aryl methyl sites for hydroxylation is 1. The standard InChI is InChI=1S/C19H19N5O2.CH2O2/c1-23-6-13(5-22-23)15-7-24(8-17-18(15)21-11-20-17)19(25)14-4-2-3-12-9-26-10-16(12)14;2-1-3/h2-6,11,15H,7-10H2,1H3,(H,20,21);1H,(H,2,3). The van der Waals surface area contributed by atoms with Gasteiger partial charge in [0, 0.05) is 36.8 Å². The first kappa shape index (κ1) is 18.9. The second-order valence-corrected chi connectivity index (χ2v) is 6.99. The third kappa shape index (κ3) is 3.52. The van der Waals surface area contributed by atoms with Gasteiger partial charge in [-0.15, -0.1) is 0 Å². The maximum absolute atomic E-state index is 13.3. The maximum atomic E-state index is 13.3.